The molecule has 0 aromatic heterocycles. The number of unbranched alkanes of at least 4 members (excludes halogenated alkanes) is 29. The van der Waals surface area contributed by atoms with Crippen LogP contribution in [0.15, 0.2) is 60.8 Å². The minimum Gasteiger partial charge on any atom is -0.479 e. The Morgan fingerprint density at radius 3 is 1.30 bits per heavy atom. The number of hydrogen-bond donors (Lipinski definition) is 3. The van der Waals surface area contributed by atoms with E-state index in [-0.39, 0.29) is 25.9 Å². The van der Waals surface area contributed by atoms with E-state index in [1.165, 1.54) is 96.3 Å². The number of carbonyl (C=O) groups is 4. The summed E-state index contributed by atoms with van der Waals surface area (Å²) >= 11 is 0. The molecule has 0 radical (unpaired) electrons. The standard InChI is InChI=1S/C65H112O12/c1-4-7-10-13-16-19-22-24-26-28-29-31-32-34-37-39-42-45-48-51-57(66)73-54-56(75-58(67)52-49-46-43-41-38-35-33-30-27-25-23-20-17-14-11-8-5-2)55-74-65-63(61(70)60(69)62(77-65)64(71)72)76-59(68)53-50-47-44-40-36-21-18-15-12-9-6-3/h8,11,15,17-18,20,24-27,56,60-63,65,69-70H,4-7,9-10,12-14,16,19,21-23,28-55H2,1-3H3,(H,71,72)/b11-8-,18-15-,20-17-,26-24-,27-25-. The molecule has 0 saturated carbocycles. The van der Waals surface area contributed by atoms with Gasteiger partial charge in [0, 0.05) is 19.3 Å². The van der Waals surface area contributed by atoms with Crippen LogP contribution < -0.4 is 0 Å². The summed E-state index contributed by atoms with van der Waals surface area (Å²) in [6, 6.07) is 0. The van der Waals surface area contributed by atoms with E-state index < -0.39 is 67.3 Å². The SMILES string of the molecule is CC/C=C\C/C=C\C/C=C\CCCCCCCCCC(=O)OC(COC(=O)CCCCCCCCCCC/C=C\CCCCCCCC)COC1OC(C(=O)O)C(O)C(O)C1OC(=O)CCCCCCC/C=C\CCCC. The van der Waals surface area contributed by atoms with Gasteiger partial charge in [-0.2, -0.15) is 0 Å². The van der Waals surface area contributed by atoms with Gasteiger partial charge >= 0.3 is 23.9 Å². The first-order chi connectivity index (χ1) is 37.6. The summed E-state index contributed by atoms with van der Waals surface area (Å²) in [5.41, 5.74) is 0. The molecule has 0 aliphatic carbocycles. The summed E-state index contributed by atoms with van der Waals surface area (Å²) in [5.74, 6) is -3.13. The molecule has 77 heavy (non-hydrogen) atoms. The topological polar surface area (TPSA) is 175 Å². The van der Waals surface area contributed by atoms with Gasteiger partial charge in [0.25, 0.3) is 0 Å². The first-order valence-corrected chi connectivity index (χ1v) is 31.3. The van der Waals surface area contributed by atoms with Gasteiger partial charge in [0.1, 0.15) is 18.8 Å². The largest absolute Gasteiger partial charge is 0.479 e. The van der Waals surface area contributed by atoms with Crippen LogP contribution in [-0.4, -0.2) is 89.2 Å². The van der Waals surface area contributed by atoms with E-state index in [2.05, 4.69) is 81.5 Å². The summed E-state index contributed by atoms with van der Waals surface area (Å²) in [6.07, 6.45) is 53.4. The molecule has 1 heterocycles. The number of rotatable bonds is 53. The molecule has 3 N–H and O–H groups in total. The fraction of sp³-hybridized carbons (Fsp3) is 0.785. The number of aliphatic hydroxyl groups is 2. The molecular weight excluding hydrogens is 973 g/mol. The summed E-state index contributed by atoms with van der Waals surface area (Å²) in [6.45, 7) is 5.84. The number of hydrogen-bond acceptors (Lipinski definition) is 11. The second-order valence-electron chi connectivity index (χ2n) is 21.3. The van der Waals surface area contributed by atoms with Gasteiger partial charge in [-0.25, -0.2) is 4.79 Å². The van der Waals surface area contributed by atoms with Gasteiger partial charge in [0.2, 0.25) is 0 Å². The second kappa shape index (κ2) is 53.1. The molecule has 1 aliphatic rings. The molecule has 1 fully saturated rings. The summed E-state index contributed by atoms with van der Waals surface area (Å²) in [7, 11) is 0. The number of carboxylic acid groups (broad SMARTS) is 1. The average Bonchev–Trinajstić information content (AvgIpc) is 3.42. The van der Waals surface area contributed by atoms with Crippen molar-refractivity contribution in [1.29, 1.82) is 0 Å². The van der Waals surface area contributed by atoms with Gasteiger partial charge in [0.05, 0.1) is 6.61 Å². The number of carbonyl (C=O) groups excluding carboxylic acids is 3. The Morgan fingerprint density at radius 2 is 0.831 bits per heavy atom. The van der Waals surface area contributed by atoms with E-state index in [1.54, 1.807) is 0 Å². The van der Waals surface area contributed by atoms with Gasteiger partial charge in [0.15, 0.2) is 24.6 Å². The fourth-order valence-corrected chi connectivity index (χ4v) is 9.24. The van der Waals surface area contributed by atoms with Crippen molar-refractivity contribution in [2.75, 3.05) is 13.2 Å². The molecule has 12 nitrogen and oxygen atoms in total. The average molecular weight is 1090 g/mol. The highest BCUT2D eigenvalue weighted by molar-refractivity contribution is 5.74. The normalized spacial score (nSPS) is 18.4. The highest BCUT2D eigenvalue weighted by Gasteiger charge is 2.50. The maximum atomic E-state index is 13.2. The maximum Gasteiger partial charge on any atom is 0.335 e. The summed E-state index contributed by atoms with van der Waals surface area (Å²) < 4.78 is 28.5. The van der Waals surface area contributed by atoms with Crippen molar-refractivity contribution in [3.63, 3.8) is 0 Å². The lowest BCUT2D eigenvalue weighted by molar-refractivity contribution is -0.301. The molecule has 6 unspecified atom stereocenters. The van der Waals surface area contributed by atoms with Crippen LogP contribution >= 0.6 is 0 Å². The van der Waals surface area contributed by atoms with E-state index in [1.807, 2.05) is 0 Å². The Bertz CT molecular complexity index is 1570. The van der Waals surface area contributed by atoms with Crippen molar-refractivity contribution in [2.24, 2.45) is 0 Å². The quantitative estimate of drug-likeness (QED) is 0.0228. The van der Waals surface area contributed by atoms with E-state index in [0.717, 1.165) is 122 Å². The molecule has 6 atom stereocenters. The van der Waals surface area contributed by atoms with Crippen LogP contribution in [0.25, 0.3) is 0 Å². The van der Waals surface area contributed by atoms with Crippen LogP contribution in [0.3, 0.4) is 0 Å². The summed E-state index contributed by atoms with van der Waals surface area (Å²) in [5, 5.41) is 31.5. The highest BCUT2D eigenvalue weighted by Crippen LogP contribution is 2.26. The molecule has 1 saturated heterocycles. The van der Waals surface area contributed by atoms with Crippen LogP contribution in [0.2, 0.25) is 0 Å². The second-order valence-corrected chi connectivity index (χ2v) is 21.3. The van der Waals surface area contributed by atoms with Gasteiger partial charge < -0.3 is 39.0 Å². The van der Waals surface area contributed by atoms with Crippen molar-refractivity contribution < 1.29 is 58.2 Å². The lowest BCUT2D eigenvalue weighted by Crippen LogP contribution is -2.61. The third-order valence-electron chi connectivity index (χ3n) is 14.0. The molecule has 0 amide bonds. The zero-order valence-corrected chi connectivity index (χ0v) is 49.0. The molecular formula is C65H112O12. The van der Waals surface area contributed by atoms with Crippen LogP contribution in [-0.2, 0) is 42.9 Å². The predicted molar refractivity (Wildman–Crippen MR) is 312 cm³/mol. The highest BCUT2D eigenvalue weighted by atomic mass is 16.7. The van der Waals surface area contributed by atoms with Gasteiger partial charge in [-0.1, -0.05) is 223 Å². The molecule has 12 heteroatoms. The minimum absolute atomic E-state index is 0.0485. The number of aliphatic hydroxyl groups excluding tert-OH is 2. The third kappa shape index (κ3) is 43.0. The van der Waals surface area contributed by atoms with Crippen molar-refractivity contribution in [3.05, 3.63) is 60.8 Å². The van der Waals surface area contributed by atoms with Crippen LogP contribution in [0, 0.1) is 0 Å². The van der Waals surface area contributed by atoms with Gasteiger partial charge in [-0.3, -0.25) is 14.4 Å². The minimum atomic E-state index is -1.91. The number of aliphatic carboxylic acids is 1. The predicted octanol–water partition coefficient (Wildman–Crippen LogP) is 16.3. The molecule has 1 aliphatic heterocycles. The molecule has 0 aromatic rings. The third-order valence-corrected chi connectivity index (χ3v) is 14.0. The zero-order valence-electron chi connectivity index (χ0n) is 49.0. The fourth-order valence-electron chi connectivity index (χ4n) is 9.24. The molecule has 0 aromatic carbocycles. The van der Waals surface area contributed by atoms with E-state index >= 15 is 0 Å². The molecule has 0 bridgehead atoms. The first kappa shape index (κ1) is 71.4. The van der Waals surface area contributed by atoms with Crippen LogP contribution in [0.5, 0.6) is 0 Å². The van der Waals surface area contributed by atoms with E-state index in [0.29, 0.717) is 19.3 Å². The lowest BCUT2D eigenvalue weighted by Gasteiger charge is -2.40. The number of ether oxygens (including phenoxy) is 5. The van der Waals surface area contributed by atoms with Crippen molar-refractivity contribution in [3.8, 4) is 0 Å². The van der Waals surface area contributed by atoms with Gasteiger partial charge in [-0.05, 0) is 96.3 Å². The van der Waals surface area contributed by atoms with E-state index in [4.69, 9.17) is 23.7 Å². The number of carboxylic acids is 1. The maximum absolute atomic E-state index is 13.2. The Labute approximate surface area is 468 Å². The molecule has 1 rings (SSSR count). The molecule has 0 spiro atoms. The number of allylic oxidation sites excluding steroid dienone is 10. The Balaban J connectivity index is 2.66. The van der Waals surface area contributed by atoms with Crippen molar-refractivity contribution >= 4 is 23.9 Å². The first-order valence-electron chi connectivity index (χ1n) is 31.3. The Kier molecular flexibility index (Phi) is 49.2. The monoisotopic (exact) mass is 1080 g/mol. The Morgan fingerprint density at radius 1 is 0.442 bits per heavy atom. The van der Waals surface area contributed by atoms with Gasteiger partial charge in [-0.15, -0.1) is 0 Å². The smallest absolute Gasteiger partial charge is 0.335 e. The van der Waals surface area contributed by atoms with Crippen molar-refractivity contribution in [2.45, 2.75) is 314 Å². The zero-order chi connectivity index (χ0) is 56.1. The summed E-state index contributed by atoms with van der Waals surface area (Å²) in [4.78, 5) is 51.2. The Hall–Kier alpha value is -3.58. The lowest BCUT2D eigenvalue weighted by atomic mass is 9.98. The van der Waals surface area contributed by atoms with E-state index in [9.17, 15) is 34.5 Å². The molecule has 444 valence electrons. The number of esters is 3. The van der Waals surface area contributed by atoms with Crippen LogP contribution in [0.1, 0.15) is 278 Å². The van der Waals surface area contributed by atoms with Crippen LogP contribution in [0.4, 0.5) is 0 Å². The van der Waals surface area contributed by atoms with Crippen molar-refractivity contribution in [1.82, 2.24) is 0 Å².